The third-order valence-corrected chi connectivity index (χ3v) is 9.74. The second-order valence-electron chi connectivity index (χ2n) is 9.43. The highest BCUT2D eigenvalue weighted by molar-refractivity contribution is 6.74. The first-order valence-electron chi connectivity index (χ1n) is 8.83. The van der Waals surface area contributed by atoms with E-state index in [0.29, 0.717) is 13.0 Å². The fourth-order valence-corrected chi connectivity index (χ4v) is 4.10. The summed E-state index contributed by atoms with van der Waals surface area (Å²) in [6, 6.07) is 0. The molecule has 0 aromatic carbocycles. The maximum absolute atomic E-state index is 12.7. The summed E-state index contributed by atoms with van der Waals surface area (Å²) < 4.78 is 17.0. The van der Waals surface area contributed by atoms with E-state index < -0.39 is 37.6 Å². The Balaban J connectivity index is 3.17. The van der Waals surface area contributed by atoms with Gasteiger partial charge in [-0.05, 0) is 52.2 Å². The molecule has 1 amide bonds. The Morgan fingerprint density at radius 2 is 1.64 bits per heavy atom. The zero-order valence-corrected chi connectivity index (χ0v) is 18.5. The molecule has 6 nitrogen and oxygen atoms in total. The van der Waals surface area contributed by atoms with E-state index in [0.717, 1.165) is 0 Å². The van der Waals surface area contributed by atoms with Crippen molar-refractivity contribution in [3.05, 3.63) is 0 Å². The lowest BCUT2D eigenvalue weighted by Crippen LogP contribution is -2.60. The summed E-state index contributed by atoms with van der Waals surface area (Å²) in [5.74, 6) is -0.473. The van der Waals surface area contributed by atoms with Crippen LogP contribution in [0.15, 0.2) is 0 Å². The van der Waals surface area contributed by atoms with Crippen LogP contribution in [0, 0.1) is 0 Å². The predicted molar refractivity (Wildman–Crippen MR) is 100 cm³/mol. The smallest absolute Gasteiger partial charge is 0.411 e. The van der Waals surface area contributed by atoms with E-state index >= 15 is 0 Å². The van der Waals surface area contributed by atoms with Crippen LogP contribution in [0.2, 0.25) is 18.1 Å². The van der Waals surface area contributed by atoms with Crippen molar-refractivity contribution in [1.29, 1.82) is 0 Å². The number of rotatable bonds is 3. The fraction of sp³-hybridized carbons (Fsp3) is 0.889. The highest BCUT2D eigenvalue weighted by Gasteiger charge is 2.57. The first-order valence-corrected chi connectivity index (χ1v) is 11.7. The summed E-state index contributed by atoms with van der Waals surface area (Å²) in [6.45, 7) is 18.3. The van der Waals surface area contributed by atoms with Gasteiger partial charge in [0.2, 0.25) is 0 Å². The number of amides is 1. The van der Waals surface area contributed by atoms with Gasteiger partial charge in [-0.15, -0.1) is 0 Å². The molecule has 1 aliphatic rings. The zero-order valence-electron chi connectivity index (χ0n) is 17.5. The molecule has 0 spiro atoms. The molecule has 7 heteroatoms. The van der Waals surface area contributed by atoms with Gasteiger partial charge in [-0.2, -0.15) is 0 Å². The van der Waals surface area contributed by atoms with Crippen LogP contribution in [0.3, 0.4) is 0 Å². The second kappa shape index (κ2) is 6.91. The fourth-order valence-electron chi connectivity index (χ4n) is 2.69. The van der Waals surface area contributed by atoms with Gasteiger partial charge in [-0.1, -0.05) is 20.8 Å². The topological polar surface area (TPSA) is 65.1 Å². The quantitative estimate of drug-likeness (QED) is 0.553. The van der Waals surface area contributed by atoms with E-state index in [4.69, 9.17) is 13.9 Å². The van der Waals surface area contributed by atoms with Crippen molar-refractivity contribution in [3.63, 3.8) is 0 Å². The molecular weight excluding hydrogens is 338 g/mol. The van der Waals surface area contributed by atoms with E-state index in [1.807, 2.05) is 0 Å². The van der Waals surface area contributed by atoms with Crippen LogP contribution in [0.25, 0.3) is 0 Å². The molecular formula is C18H35NO5Si. The lowest BCUT2D eigenvalue weighted by Gasteiger charge is -2.43. The Bertz CT molecular complexity index is 521. The Hall–Kier alpha value is -1.08. The Kier molecular flexibility index (Phi) is 6.07. The summed E-state index contributed by atoms with van der Waals surface area (Å²) in [5, 5.41) is 0.00334. The van der Waals surface area contributed by atoms with Crippen LogP contribution >= 0.6 is 0 Å². The monoisotopic (exact) mass is 373 g/mol. The lowest BCUT2D eigenvalue weighted by atomic mass is 9.96. The number of nitrogens with zero attached hydrogens (tertiary/aromatic N) is 1. The molecule has 1 aliphatic heterocycles. The molecule has 0 N–H and O–H groups in total. The molecule has 0 bridgehead atoms. The number of carbonyl (C=O) groups excluding carboxylic acids is 2. The van der Waals surface area contributed by atoms with E-state index in [9.17, 15) is 9.59 Å². The second-order valence-corrected chi connectivity index (χ2v) is 14.2. The van der Waals surface area contributed by atoms with Gasteiger partial charge in [0.05, 0.1) is 13.2 Å². The highest BCUT2D eigenvalue weighted by Crippen LogP contribution is 2.42. The van der Waals surface area contributed by atoms with Crippen molar-refractivity contribution >= 4 is 20.4 Å². The van der Waals surface area contributed by atoms with E-state index in [1.165, 1.54) is 12.0 Å². The van der Waals surface area contributed by atoms with Gasteiger partial charge in [0.15, 0.2) is 13.9 Å². The van der Waals surface area contributed by atoms with Crippen molar-refractivity contribution in [2.24, 2.45) is 0 Å². The van der Waals surface area contributed by atoms with E-state index in [2.05, 4.69) is 33.9 Å². The van der Waals surface area contributed by atoms with Crippen molar-refractivity contribution in [2.45, 2.75) is 90.3 Å². The van der Waals surface area contributed by atoms with Crippen LogP contribution < -0.4 is 0 Å². The molecule has 0 unspecified atom stereocenters. The van der Waals surface area contributed by atoms with Gasteiger partial charge in [0.25, 0.3) is 0 Å². The van der Waals surface area contributed by atoms with Crippen LogP contribution in [0.5, 0.6) is 0 Å². The Morgan fingerprint density at radius 3 is 2.04 bits per heavy atom. The third-order valence-electron chi connectivity index (χ3n) is 5.26. The molecule has 2 atom stereocenters. The summed E-state index contributed by atoms with van der Waals surface area (Å²) in [4.78, 5) is 26.7. The molecule has 1 fully saturated rings. The Labute approximate surface area is 153 Å². The molecule has 0 radical (unpaired) electrons. The number of carbonyl (C=O) groups is 2. The number of likely N-dealkylation sites (tertiary alicyclic amines) is 1. The number of hydrogen-bond acceptors (Lipinski definition) is 5. The summed E-state index contributed by atoms with van der Waals surface area (Å²) >= 11 is 0. The molecule has 0 saturated carbocycles. The van der Waals surface area contributed by atoms with Crippen molar-refractivity contribution < 1.29 is 23.5 Å². The standard InChI is InChI=1S/C18H35NO5Si/c1-16(2,3)23-15(21)19-12-11-13(18(19,7)14(20)22-8)24-25(9,10)17(4,5)6/h13H,11-12H2,1-10H3/t13-,18-/m1/s1. The normalized spacial score (nSPS) is 25.0. The summed E-state index contributed by atoms with van der Waals surface area (Å²) in [5.41, 5.74) is -1.82. The van der Waals surface area contributed by atoms with Crippen LogP contribution in [0.4, 0.5) is 4.79 Å². The largest absolute Gasteiger partial charge is 0.467 e. The minimum absolute atomic E-state index is 0.00334. The third kappa shape index (κ3) is 4.56. The van der Waals surface area contributed by atoms with Crippen molar-refractivity contribution in [3.8, 4) is 0 Å². The van der Waals surface area contributed by atoms with Crippen LogP contribution in [-0.2, 0) is 18.7 Å². The molecule has 1 rings (SSSR count). The number of methoxy groups -OCH3 is 1. The molecule has 1 heterocycles. The van der Waals surface area contributed by atoms with Crippen LogP contribution in [0.1, 0.15) is 54.9 Å². The minimum Gasteiger partial charge on any atom is -0.467 e. The minimum atomic E-state index is -2.12. The molecule has 0 aliphatic carbocycles. The van der Waals surface area contributed by atoms with Gasteiger partial charge in [0, 0.05) is 6.54 Å². The lowest BCUT2D eigenvalue weighted by molar-refractivity contribution is -0.156. The predicted octanol–water partition coefficient (Wildman–Crippen LogP) is 3.95. The number of ether oxygens (including phenoxy) is 2. The maximum Gasteiger partial charge on any atom is 0.411 e. The SMILES string of the molecule is COC(=O)[C@@]1(C)[C@H](O[Si](C)(C)C(C)(C)C)CCN1C(=O)OC(C)(C)C. The van der Waals surface area contributed by atoms with E-state index in [-0.39, 0.29) is 5.04 Å². The maximum atomic E-state index is 12.7. The molecule has 0 aromatic heterocycles. The Morgan fingerprint density at radius 1 is 1.12 bits per heavy atom. The molecule has 25 heavy (non-hydrogen) atoms. The first-order chi connectivity index (χ1) is 11.1. The van der Waals surface area contributed by atoms with Gasteiger partial charge >= 0.3 is 12.1 Å². The van der Waals surface area contributed by atoms with Gasteiger partial charge < -0.3 is 13.9 Å². The van der Waals surface area contributed by atoms with Crippen molar-refractivity contribution in [1.82, 2.24) is 4.90 Å². The van der Waals surface area contributed by atoms with Crippen molar-refractivity contribution in [2.75, 3.05) is 13.7 Å². The number of hydrogen-bond donors (Lipinski definition) is 0. The number of esters is 1. The summed E-state index contributed by atoms with van der Waals surface area (Å²) in [6.07, 6.45) is -0.341. The average molecular weight is 374 g/mol. The van der Waals surface area contributed by atoms with Gasteiger partial charge in [-0.25, -0.2) is 9.59 Å². The molecule has 1 saturated heterocycles. The van der Waals surface area contributed by atoms with E-state index in [1.54, 1.807) is 27.7 Å². The van der Waals surface area contributed by atoms with Crippen LogP contribution in [-0.4, -0.2) is 56.2 Å². The van der Waals surface area contributed by atoms with Gasteiger partial charge in [-0.3, -0.25) is 4.90 Å². The molecule has 0 aromatic rings. The highest BCUT2D eigenvalue weighted by atomic mass is 28.4. The average Bonchev–Trinajstić information content (AvgIpc) is 2.72. The molecule has 146 valence electrons. The summed E-state index contributed by atoms with van der Waals surface area (Å²) in [7, 11) is -0.779. The first kappa shape index (κ1) is 22.0. The van der Waals surface area contributed by atoms with Gasteiger partial charge in [0.1, 0.15) is 5.60 Å². The zero-order chi connectivity index (χ0) is 19.8.